The molecule has 0 saturated carbocycles. The maximum Gasteiger partial charge on any atom is 0.0525 e. The molecule has 0 heterocycles. The Morgan fingerprint density at radius 2 is 2.00 bits per heavy atom. The fraction of sp³-hybridized carbons (Fsp3) is 1.00. The molecule has 0 rings (SSSR count). The molecular formula is C7H17NO. The van der Waals surface area contributed by atoms with E-state index in [-0.39, 0.29) is 5.41 Å². The lowest BCUT2D eigenvalue weighted by atomic mass is 9.95. The molecule has 0 fully saturated rings. The first-order valence-corrected chi connectivity index (χ1v) is 3.26. The summed E-state index contributed by atoms with van der Waals surface area (Å²) in [5.74, 6) is 0. The van der Waals surface area contributed by atoms with Gasteiger partial charge in [0.25, 0.3) is 0 Å². The first-order chi connectivity index (χ1) is 4.12. The van der Waals surface area contributed by atoms with Crippen molar-refractivity contribution in [2.24, 2.45) is 5.41 Å². The summed E-state index contributed by atoms with van der Waals surface area (Å²) in [6, 6.07) is 0. The van der Waals surface area contributed by atoms with Gasteiger partial charge >= 0.3 is 0 Å². The molecule has 1 N–H and O–H groups in total. The van der Waals surface area contributed by atoms with Crippen molar-refractivity contribution < 1.29 is 4.74 Å². The van der Waals surface area contributed by atoms with Gasteiger partial charge in [0.15, 0.2) is 0 Å². The van der Waals surface area contributed by atoms with E-state index in [0.29, 0.717) is 0 Å². The van der Waals surface area contributed by atoms with Crippen molar-refractivity contribution in [3.8, 4) is 0 Å². The van der Waals surface area contributed by atoms with Crippen LogP contribution in [0, 0.1) is 5.41 Å². The van der Waals surface area contributed by atoms with Gasteiger partial charge in [-0.3, -0.25) is 0 Å². The van der Waals surface area contributed by atoms with Gasteiger partial charge in [0.1, 0.15) is 0 Å². The van der Waals surface area contributed by atoms with Crippen molar-refractivity contribution in [1.82, 2.24) is 5.32 Å². The molecule has 0 atom stereocenters. The van der Waals surface area contributed by atoms with Gasteiger partial charge < -0.3 is 10.1 Å². The summed E-state index contributed by atoms with van der Waals surface area (Å²) in [6.45, 7) is 6.16. The quantitative estimate of drug-likeness (QED) is 0.611. The van der Waals surface area contributed by atoms with Crippen molar-refractivity contribution >= 4 is 0 Å². The van der Waals surface area contributed by atoms with E-state index in [4.69, 9.17) is 4.74 Å². The largest absolute Gasteiger partial charge is 0.384 e. The Hall–Kier alpha value is -0.0800. The van der Waals surface area contributed by atoms with Crippen LogP contribution in [0.15, 0.2) is 0 Å². The lowest BCUT2D eigenvalue weighted by Gasteiger charge is -2.22. The molecule has 0 aromatic rings. The lowest BCUT2D eigenvalue weighted by molar-refractivity contribution is 0.105. The Bertz CT molecular complexity index is 63.3. The predicted molar refractivity (Wildman–Crippen MR) is 39.6 cm³/mol. The summed E-state index contributed by atoms with van der Waals surface area (Å²) in [7, 11) is 3.69. The van der Waals surface area contributed by atoms with E-state index in [1.165, 1.54) is 0 Å². The summed E-state index contributed by atoms with van der Waals surface area (Å²) in [4.78, 5) is 0. The predicted octanol–water partition coefficient (Wildman–Crippen LogP) is 0.878. The van der Waals surface area contributed by atoms with Crippen molar-refractivity contribution in [2.75, 3.05) is 27.3 Å². The summed E-state index contributed by atoms with van der Waals surface area (Å²) >= 11 is 0. The molecule has 0 bridgehead atoms. The van der Waals surface area contributed by atoms with E-state index < -0.39 is 0 Å². The second-order valence-electron chi connectivity index (χ2n) is 3.13. The van der Waals surface area contributed by atoms with E-state index in [1.807, 2.05) is 7.05 Å². The number of hydrogen-bond donors (Lipinski definition) is 1. The third kappa shape index (κ3) is 4.43. The van der Waals surface area contributed by atoms with Gasteiger partial charge in [-0.2, -0.15) is 0 Å². The minimum Gasteiger partial charge on any atom is -0.384 e. The number of methoxy groups -OCH3 is 1. The van der Waals surface area contributed by atoms with E-state index in [9.17, 15) is 0 Å². The van der Waals surface area contributed by atoms with Gasteiger partial charge in [0.05, 0.1) is 6.61 Å². The molecule has 0 aromatic carbocycles. The Morgan fingerprint density at radius 1 is 1.44 bits per heavy atom. The van der Waals surface area contributed by atoms with Crippen LogP contribution in [0.5, 0.6) is 0 Å². The zero-order valence-electron chi connectivity index (χ0n) is 6.82. The molecule has 0 saturated heterocycles. The molecule has 2 heteroatoms. The molecule has 0 aliphatic carbocycles. The number of nitrogens with one attached hydrogen (secondary N) is 1. The van der Waals surface area contributed by atoms with Crippen LogP contribution in [0.3, 0.4) is 0 Å². The minimum atomic E-state index is 0.267. The molecule has 56 valence electrons. The lowest BCUT2D eigenvalue weighted by Crippen LogP contribution is -2.30. The SMILES string of the molecule is CNCC(C)(C)COC. The fourth-order valence-electron chi connectivity index (χ4n) is 0.920. The third-order valence-corrected chi connectivity index (χ3v) is 1.19. The minimum absolute atomic E-state index is 0.267. The van der Waals surface area contributed by atoms with Crippen molar-refractivity contribution in [3.05, 3.63) is 0 Å². The summed E-state index contributed by atoms with van der Waals surface area (Å²) < 4.78 is 5.02. The average Bonchev–Trinajstić information content (AvgIpc) is 1.64. The average molecular weight is 131 g/mol. The highest BCUT2D eigenvalue weighted by atomic mass is 16.5. The highest BCUT2D eigenvalue weighted by Gasteiger charge is 2.15. The highest BCUT2D eigenvalue weighted by molar-refractivity contribution is 4.68. The van der Waals surface area contributed by atoms with Crippen LogP contribution in [0.2, 0.25) is 0 Å². The molecule has 0 spiro atoms. The van der Waals surface area contributed by atoms with E-state index in [1.54, 1.807) is 7.11 Å². The molecule has 0 aromatic heterocycles. The van der Waals surface area contributed by atoms with Crippen molar-refractivity contribution in [1.29, 1.82) is 0 Å². The van der Waals surface area contributed by atoms with Gasteiger partial charge in [0.2, 0.25) is 0 Å². The van der Waals surface area contributed by atoms with Crippen LogP contribution < -0.4 is 5.32 Å². The monoisotopic (exact) mass is 131 g/mol. The van der Waals surface area contributed by atoms with Crippen molar-refractivity contribution in [2.45, 2.75) is 13.8 Å². The topological polar surface area (TPSA) is 21.3 Å². The van der Waals surface area contributed by atoms with Crippen molar-refractivity contribution in [3.63, 3.8) is 0 Å². The number of rotatable bonds is 4. The van der Waals surface area contributed by atoms with E-state index >= 15 is 0 Å². The standard InChI is InChI=1S/C7H17NO/c1-7(2,5-8-3)6-9-4/h8H,5-6H2,1-4H3. The van der Waals surface area contributed by atoms with E-state index in [0.717, 1.165) is 13.2 Å². The molecular weight excluding hydrogens is 114 g/mol. The number of ether oxygens (including phenoxy) is 1. The first kappa shape index (κ1) is 8.92. The van der Waals surface area contributed by atoms with Crippen LogP contribution in [0.1, 0.15) is 13.8 Å². The highest BCUT2D eigenvalue weighted by Crippen LogP contribution is 2.12. The summed E-state index contributed by atoms with van der Waals surface area (Å²) in [5, 5.41) is 3.11. The molecule has 0 unspecified atom stereocenters. The Morgan fingerprint density at radius 3 is 2.33 bits per heavy atom. The summed E-state index contributed by atoms with van der Waals surface area (Å²) in [6.07, 6.45) is 0. The Balaban J connectivity index is 3.43. The van der Waals surface area contributed by atoms with Crippen LogP contribution in [0.25, 0.3) is 0 Å². The first-order valence-electron chi connectivity index (χ1n) is 3.26. The van der Waals surface area contributed by atoms with Gasteiger partial charge in [-0.15, -0.1) is 0 Å². The maximum absolute atomic E-state index is 5.02. The molecule has 9 heavy (non-hydrogen) atoms. The number of hydrogen-bond acceptors (Lipinski definition) is 2. The molecule has 2 nitrogen and oxygen atoms in total. The Labute approximate surface area is 57.6 Å². The van der Waals surface area contributed by atoms with Crippen LogP contribution in [-0.4, -0.2) is 27.3 Å². The van der Waals surface area contributed by atoms with E-state index in [2.05, 4.69) is 19.2 Å². The summed E-state index contributed by atoms with van der Waals surface area (Å²) in [5.41, 5.74) is 0.267. The second kappa shape index (κ2) is 3.85. The molecule has 0 radical (unpaired) electrons. The third-order valence-electron chi connectivity index (χ3n) is 1.19. The van der Waals surface area contributed by atoms with Crippen LogP contribution in [0.4, 0.5) is 0 Å². The molecule has 0 amide bonds. The van der Waals surface area contributed by atoms with Gasteiger partial charge in [0, 0.05) is 19.1 Å². The second-order valence-corrected chi connectivity index (χ2v) is 3.13. The molecule has 0 aliphatic rings. The van der Waals surface area contributed by atoms with Gasteiger partial charge in [-0.05, 0) is 7.05 Å². The smallest absolute Gasteiger partial charge is 0.0525 e. The fourth-order valence-corrected chi connectivity index (χ4v) is 0.920. The van der Waals surface area contributed by atoms with Gasteiger partial charge in [-0.25, -0.2) is 0 Å². The zero-order chi connectivity index (χ0) is 7.33. The zero-order valence-corrected chi connectivity index (χ0v) is 6.82. The van der Waals surface area contributed by atoms with Crippen LogP contribution in [-0.2, 0) is 4.74 Å². The maximum atomic E-state index is 5.02. The Kier molecular flexibility index (Phi) is 3.82. The van der Waals surface area contributed by atoms with Crippen LogP contribution >= 0.6 is 0 Å². The normalized spacial score (nSPS) is 12.0. The van der Waals surface area contributed by atoms with Gasteiger partial charge in [-0.1, -0.05) is 13.8 Å². The molecule has 0 aliphatic heterocycles.